The van der Waals surface area contributed by atoms with Crippen molar-refractivity contribution in [2.75, 3.05) is 6.26 Å². The lowest BCUT2D eigenvalue weighted by molar-refractivity contribution is 0.510. The summed E-state index contributed by atoms with van der Waals surface area (Å²) in [6, 6.07) is 25.7. The van der Waals surface area contributed by atoms with E-state index < -0.39 is 20.4 Å². The second-order valence-corrected chi connectivity index (χ2v) is 10.4. The van der Waals surface area contributed by atoms with Gasteiger partial charge in [0.1, 0.15) is 0 Å². The van der Waals surface area contributed by atoms with Crippen molar-refractivity contribution in [3.8, 4) is 0 Å². The SMILES string of the molecule is Cc1ccc(S(=O)(=O)OS(C)(c2ccccc2)c2ccccc2)cc1. The summed E-state index contributed by atoms with van der Waals surface area (Å²) in [5.74, 6) is 0. The van der Waals surface area contributed by atoms with Gasteiger partial charge in [-0.25, -0.2) is 3.63 Å². The fourth-order valence-corrected chi connectivity index (χ4v) is 6.97. The van der Waals surface area contributed by atoms with E-state index in [9.17, 15) is 8.42 Å². The van der Waals surface area contributed by atoms with Gasteiger partial charge in [0.25, 0.3) is 0 Å². The van der Waals surface area contributed by atoms with E-state index in [1.54, 1.807) is 24.3 Å². The molecule has 0 spiro atoms. The van der Waals surface area contributed by atoms with E-state index in [-0.39, 0.29) is 4.90 Å². The Balaban J connectivity index is 2.09. The second kappa shape index (κ2) is 7.04. The molecule has 0 bridgehead atoms. The van der Waals surface area contributed by atoms with Crippen LogP contribution < -0.4 is 0 Å². The Kier molecular flexibility index (Phi) is 4.99. The lowest BCUT2D eigenvalue weighted by atomic mass is 10.2. The first-order chi connectivity index (χ1) is 11.9. The fraction of sp³-hybridized carbons (Fsp3) is 0.100. The highest BCUT2D eigenvalue weighted by Gasteiger charge is 2.31. The standard InChI is InChI=1S/C20H20O3S2/c1-17-13-15-20(16-14-17)25(21,22)23-24(2,18-9-5-3-6-10-18)19-11-7-4-8-12-19/h3-16H,1-2H3. The van der Waals surface area contributed by atoms with Crippen LogP contribution in [0.25, 0.3) is 0 Å². The second-order valence-electron chi connectivity index (χ2n) is 5.80. The Hall–Kier alpha value is -2.08. The highest BCUT2D eigenvalue weighted by Crippen LogP contribution is 2.61. The van der Waals surface area contributed by atoms with Crippen molar-refractivity contribution in [3.05, 3.63) is 90.5 Å². The van der Waals surface area contributed by atoms with Crippen molar-refractivity contribution in [2.24, 2.45) is 0 Å². The van der Waals surface area contributed by atoms with Crippen molar-refractivity contribution in [1.82, 2.24) is 0 Å². The highest BCUT2D eigenvalue weighted by molar-refractivity contribution is 8.32. The first-order valence-electron chi connectivity index (χ1n) is 7.83. The molecule has 3 rings (SSSR count). The molecule has 3 aromatic carbocycles. The number of rotatable bonds is 5. The van der Waals surface area contributed by atoms with Crippen LogP contribution in [0.2, 0.25) is 0 Å². The van der Waals surface area contributed by atoms with Crippen LogP contribution in [-0.4, -0.2) is 14.7 Å². The zero-order valence-corrected chi connectivity index (χ0v) is 15.8. The molecule has 0 radical (unpaired) electrons. The Bertz CT molecular complexity index is 896. The molecule has 3 nitrogen and oxygen atoms in total. The Labute approximate surface area is 150 Å². The topological polar surface area (TPSA) is 43.4 Å². The van der Waals surface area contributed by atoms with Gasteiger partial charge in [-0.1, -0.05) is 64.4 Å². The molecule has 0 atom stereocenters. The van der Waals surface area contributed by atoms with E-state index in [4.69, 9.17) is 3.63 Å². The number of hydrogen-bond donors (Lipinski definition) is 0. The quantitative estimate of drug-likeness (QED) is 0.621. The van der Waals surface area contributed by atoms with Crippen molar-refractivity contribution >= 4 is 20.4 Å². The number of benzene rings is 3. The fourth-order valence-electron chi connectivity index (χ4n) is 2.50. The molecule has 0 unspecified atom stereocenters. The average molecular weight is 373 g/mol. The van der Waals surface area contributed by atoms with E-state index in [0.717, 1.165) is 15.4 Å². The molecule has 0 N–H and O–H groups in total. The predicted octanol–water partition coefficient (Wildman–Crippen LogP) is 5.17. The van der Waals surface area contributed by atoms with Crippen LogP contribution in [0.3, 0.4) is 0 Å². The summed E-state index contributed by atoms with van der Waals surface area (Å²) in [5.41, 5.74) is 1.00. The van der Waals surface area contributed by atoms with Gasteiger partial charge in [0.05, 0.1) is 4.90 Å². The normalized spacial score (nSPS) is 12.7. The molecule has 5 heteroatoms. The van der Waals surface area contributed by atoms with Crippen molar-refractivity contribution < 1.29 is 12.0 Å². The summed E-state index contributed by atoms with van der Waals surface area (Å²) in [5, 5.41) is 0. The lowest BCUT2D eigenvalue weighted by Gasteiger charge is -2.35. The van der Waals surface area contributed by atoms with Crippen LogP contribution in [0.4, 0.5) is 0 Å². The monoisotopic (exact) mass is 372 g/mol. The van der Waals surface area contributed by atoms with Gasteiger partial charge < -0.3 is 0 Å². The van der Waals surface area contributed by atoms with Crippen LogP contribution in [0.1, 0.15) is 5.56 Å². The van der Waals surface area contributed by atoms with E-state index in [1.165, 1.54) is 0 Å². The number of hydrogen-bond acceptors (Lipinski definition) is 3. The predicted molar refractivity (Wildman–Crippen MR) is 102 cm³/mol. The summed E-state index contributed by atoms with van der Waals surface area (Å²) < 4.78 is 31.7. The molecule has 0 saturated heterocycles. The first kappa shape index (κ1) is 17.7. The molecule has 0 aliphatic carbocycles. The van der Waals surface area contributed by atoms with Gasteiger partial charge in [0.15, 0.2) is 0 Å². The third-order valence-electron chi connectivity index (χ3n) is 3.92. The molecule has 0 aromatic heterocycles. The molecular formula is C20H20O3S2. The van der Waals surface area contributed by atoms with Gasteiger partial charge in [-0.15, -0.1) is 0 Å². The molecule has 0 amide bonds. The summed E-state index contributed by atoms with van der Waals surface area (Å²) in [4.78, 5) is 1.89. The minimum absolute atomic E-state index is 0.170. The summed E-state index contributed by atoms with van der Waals surface area (Å²) in [6.07, 6.45) is 1.86. The molecule has 0 heterocycles. The van der Waals surface area contributed by atoms with Gasteiger partial charge in [-0.05, 0) is 49.6 Å². The highest BCUT2D eigenvalue weighted by atomic mass is 32.3. The molecule has 25 heavy (non-hydrogen) atoms. The van der Waals surface area contributed by atoms with Gasteiger partial charge in [0, 0.05) is 9.79 Å². The lowest BCUT2D eigenvalue weighted by Crippen LogP contribution is -2.12. The molecule has 0 fully saturated rings. The van der Waals surface area contributed by atoms with Crippen LogP contribution in [0.15, 0.2) is 99.6 Å². The van der Waals surface area contributed by atoms with Crippen molar-refractivity contribution in [3.63, 3.8) is 0 Å². The average Bonchev–Trinajstić information content (AvgIpc) is 2.63. The van der Waals surface area contributed by atoms with Gasteiger partial charge in [0.2, 0.25) is 0 Å². The maximum absolute atomic E-state index is 12.9. The third kappa shape index (κ3) is 3.79. The molecule has 0 aliphatic heterocycles. The Morgan fingerprint density at radius 1 is 0.640 bits per heavy atom. The summed E-state index contributed by atoms with van der Waals surface area (Å²) in [7, 11) is -6.09. The molecule has 3 aromatic rings. The molecule has 0 saturated carbocycles. The van der Waals surface area contributed by atoms with Crippen LogP contribution in [0, 0.1) is 6.92 Å². The van der Waals surface area contributed by atoms with E-state index >= 15 is 0 Å². The van der Waals surface area contributed by atoms with Crippen LogP contribution in [-0.2, 0) is 13.7 Å². The molecule has 130 valence electrons. The van der Waals surface area contributed by atoms with E-state index in [2.05, 4.69) is 0 Å². The van der Waals surface area contributed by atoms with Crippen molar-refractivity contribution in [2.45, 2.75) is 21.6 Å². The minimum atomic E-state index is -3.89. The minimum Gasteiger partial charge on any atom is -0.208 e. The smallest absolute Gasteiger partial charge is 0.208 e. The number of aryl methyl sites for hydroxylation is 1. The first-order valence-corrected chi connectivity index (χ1v) is 11.2. The van der Waals surface area contributed by atoms with E-state index in [1.807, 2.05) is 73.8 Å². The van der Waals surface area contributed by atoms with Crippen LogP contribution >= 0.6 is 10.3 Å². The van der Waals surface area contributed by atoms with Crippen LogP contribution in [0.5, 0.6) is 0 Å². The Morgan fingerprint density at radius 3 is 1.52 bits per heavy atom. The zero-order chi connectivity index (χ0) is 17.9. The van der Waals surface area contributed by atoms with Crippen molar-refractivity contribution in [1.29, 1.82) is 0 Å². The van der Waals surface area contributed by atoms with Gasteiger partial charge >= 0.3 is 10.1 Å². The maximum Gasteiger partial charge on any atom is 0.306 e. The maximum atomic E-state index is 12.9. The van der Waals surface area contributed by atoms with Gasteiger partial charge in [-0.2, -0.15) is 8.42 Å². The van der Waals surface area contributed by atoms with E-state index in [0.29, 0.717) is 0 Å². The largest absolute Gasteiger partial charge is 0.306 e. The summed E-state index contributed by atoms with van der Waals surface area (Å²) >= 11 is 0. The Morgan fingerprint density at radius 2 is 1.08 bits per heavy atom. The summed E-state index contributed by atoms with van der Waals surface area (Å²) in [6.45, 7) is 1.92. The molecule has 0 aliphatic rings. The zero-order valence-electron chi connectivity index (χ0n) is 14.1. The molecular weight excluding hydrogens is 352 g/mol. The van der Waals surface area contributed by atoms with Gasteiger partial charge in [-0.3, -0.25) is 0 Å². The third-order valence-corrected chi connectivity index (χ3v) is 8.92.